The molecule has 0 aliphatic carbocycles. The summed E-state index contributed by atoms with van der Waals surface area (Å²) in [5.74, 6) is 0.509. The molecule has 0 radical (unpaired) electrons. The van der Waals surface area contributed by atoms with Crippen molar-refractivity contribution in [2.75, 3.05) is 4.90 Å². The molecule has 2 atom stereocenters. The largest absolute Gasteiger partial charge is 0.274 e. The Morgan fingerprint density at radius 1 is 1.04 bits per heavy atom. The number of rotatable bonds is 3. The molecule has 6 heteroatoms. The second kappa shape index (κ2) is 7.16. The first-order valence-electron chi connectivity index (χ1n) is 9.09. The number of hydrogen-bond donors (Lipinski definition) is 0. The SMILES string of the molecule is CC(C)C(=O)N1c2ncnn2[C@@H](c2ccc(Cl)cc2)C[C@H]1c1ccccc1. The molecule has 2 heterocycles. The molecule has 0 saturated carbocycles. The monoisotopic (exact) mass is 380 g/mol. The average molecular weight is 381 g/mol. The van der Waals surface area contributed by atoms with E-state index in [2.05, 4.69) is 22.2 Å². The van der Waals surface area contributed by atoms with Gasteiger partial charge in [0.1, 0.15) is 6.33 Å². The van der Waals surface area contributed by atoms with Crippen molar-refractivity contribution in [3.63, 3.8) is 0 Å². The van der Waals surface area contributed by atoms with Crippen LogP contribution in [0.3, 0.4) is 0 Å². The summed E-state index contributed by atoms with van der Waals surface area (Å²) in [6, 6.07) is 17.8. The number of carbonyl (C=O) groups excluding carboxylic acids is 1. The Morgan fingerprint density at radius 2 is 1.70 bits per heavy atom. The molecule has 1 aromatic heterocycles. The van der Waals surface area contributed by atoms with Crippen molar-refractivity contribution in [2.45, 2.75) is 32.4 Å². The van der Waals surface area contributed by atoms with Crippen LogP contribution < -0.4 is 4.90 Å². The first-order valence-corrected chi connectivity index (χ1v) is 9.47. The topological polar surface area (TPSA) is 51.0 Å². The Morgan fingerprint density at radius 3 is 2.37 bits per heavy atom. The molecule has 4 rings (SSSR count). The summed E-state index contributed by atoms with van der Waals surface area (Å²) in [6.45, 7) is 3.83. The van der Waals surface area contributed by atoms with Crippen LogP contribution in [0.15, 0.2) is 60.9 Å². The minimum atomic E-state index is -0.131. The van der Waals surface area contributed by atoms with Crippen LogP contribution in [0, 0.1) is 5.92 Å². The fourth-order valence-electron chi connectivity index (χ4n) is 3.65. The maximum absolute atomic E-state index is 13.1. The molecule has 27 heavy (non-hydrogen) atoms. The Bertz CT molecular complexity index is 936. The highest BCUT2D eigenvalue weighted by atomic mass is 35.5. The second-order valence-corrected chi connectivity index (χ2v) is 7.53. The lowest BCUT2D eigenvalue weighted by Crippen LogP contribution is -2.44. The van der Waals surface area contributed by atoms with Crippen LogP contribution in [0.5, 0.6) is 0 Å². The van der Waals surface area contributed by atoms with Crippen molar-refractivity contribution in [2.24, 2.45) is 5.92 Å². The van der Waals surface area contributed by atoms with Crippen LogP contribution in [0.4, 0.5) is 5.95 Å². The molecule has 0 saturated heterocycles. The number of fused-ring (bicyclic) bond motifs is 1. The van der Waals surface area contributed by atoms with Gasteiger partial charge in [-0.05, 0) is 29.7 Å². The van der Waals surface area contributed by atoms with E-state index in [-0.39, 0.29) is 23.9 Å². The third-order valence-corrected chi connectivity index (χ3v) is 5.25. The summed E-state index contributed by atoms with van der Waals surface area (Å²) in [7, 11) is 0. The van der Waals surface area contributed by atoms with Crippen molar-refractivity contribution in [1.82, 2.24) is 14.8 Å². The van der Waals surface area contributed by atoms with Crippen LogP contribution in [-0.4, -0.2) is 20.7 Å². The molecule has 1 aliphatic heterocycles. The maximum Gasteiger partial charge on any atom is 0.232 e. The van der Waals surface area contributed by atoms with E-state index in [0.717, 1.165) is 17.5 Å². The lowest BCUT2D eigenvalue weighted by atomic mass is 9.91. The molecule has 1 aliphatic rings. The van der Waals surface area contributed by atoms with Gasteiger partial charge in [-0.1, -0.05) is 67.9 Å². The first-order chi connectivity index (χ1) is 13.1. The van der Waals surface area contributed by atoms with Crippen LogP contribution >= 0.6 is 11.6 Å². The highest BCUT2D eigenvalue weighted by Gasteiger charge is 2.39. The molecule has 0 bridgehead atoms. The summed E-state index contributed by atoms with van der Waals surface area (Å²) in [4.78, 5) is 19.3. The zero-order valence-corrected chi connectivity index (χ0v) is 16.0. The molecule has 5 nitrogen and oxygen atoms in total. The van der Waals surface area contributed by atoms with Gasteiger partial charge < -0.3 is 0 Å². The summed E-state index contributed by atoms with van der Waals surface area (Å²) >= 11 is 6.07. The Balaban J connectivity index is 1.84. The van der Waals surface area contributed by atoms with Crippen LogP contribution in [-0.2, 0) is 4.79 Å². The smallest absolute Gasteiger partial charge is 0.232 e. The third-order valence-electron chi connectivity index (χ3n) is 4.99. The van der Waals surface area contributed by atoms with E-state index in [0.29, 0.717) is 11.0 Å². The average Bonchev–Trinajstić information content (AvgIpc) is 3.17. The molecule has 0 N–H and O–H groups in total. The van der Waals surface area contributed by atoms with E-state index >= 15 is 0 Å². The maximum atomic E-state index is 13.1. The van der Waals surface area contributed by atoms with Gasteiger partial charge in [-0.3, -0.25) is 9.69 Å². The van der Waals surface area contributed by atoms with E-state index in [1.54, 1.807) is 4.90 Å². The van der Waals surface area contributed by atoms with E-state index in [4.69, 9.17) is 11.6 Å². The predicted molar refractivity (Wildman–Crippen MR) is 106 cm³/mol. The molecule has 3 aromatic rings. The predicted octanol–water partition coefficient (Wildman–Crippen LogP) is 4.65. The fourth-order valence-corrected chi connectivity index (χ4v) is 3.77. The number of hydrogen-bond acceptors (Lipinski definition) is 3. The van der Waals surface area contributed by atoms with Crippen molar-refractivity contribution in [3.8, 4) is 0 Å². The van der Waals surface area contributed by atoms with Crippen molar-refractivity contribution < 1.29 is 4.79 Å². The molecule has 138 valence electrons. The molecule has 1 amide bonds. The van der Waals surface area contributed by atoms with Gasteiger partial charge in [-0.25, -0.2) is 4.68 Å². The minimum absolute atomic E-state index is 0.0128. The summed E-state index contributed by atoms with van der Waals surface area (Å²) < 4.78 is 1.85. The number of nitrogens with zero attached hydrogens (tertiary/aromatic N) is 4. The highest BCUT2D eigenvalue weighted by Crippen LogP contribution is 2.42. The minimum Gasteiger partial charge on any atom is -0.274 e. The molecule has 2 aromatic carbocycles. The lowest BCUT2D eigenvalue weighted by Gasteiger charge is -2.39. The molecular formula is C21H21ClN4O. The Kier molecular flexibility index (Phi) is 4.70. The number of anilines is 1. The molecule has 0 unspecified atom stereocenters. The first kappa shape index (κ1) is 17.7. The molecule has 0 fully saturated rings. The third kappa shape index (κ3) is 3.23. The van der Waals surface area contributed by atoms with E-state index in [1.807, 2.05) is 61.0 Å². The number of halogens is 1. The number of carbonyl (C=O) groups is 1. The lowest BCUT2D eigenvalue weighted by molar-refractivity contribution is -0.122. The standard InChI is InChI=1S/C21H21ClN4O/c1-14(2)20(27)25-18(15-6-4-3-5-7-15)12-19(26-21(25)23-13-24-26)16-8-10-17(22)11-9-16/h3-11,13-14,18-19H,12H2,1-2H3/t18-,19+/m0/s1. The van der Waals surface area contributed by atoms with Gasteiger partial charge in [0.15, 0.2) is 0 Å². The molecular weight excluding hydrogens is 360 g/mol. The van der Waals surface area contributed by atoms with E-state index < -0.39 is 0 Å². The second-order valence-electron chi connectivity index (χ2n) is 7.10. The summed E-state index contributed by atoms with van der Waals surface area (Å²) in [6.07, 6.45) is 2.24. The van der Waals surface area contributed by atoms with Gasteiger partial charge in [0.2, 0.25) is 11.9 Å². The van der Waals surface area contributed by atoms with Gasteiger partial charge in [-0.15, -0.1) is 0 Å². The molecule has 0 spiro atoms. The Hall–Kier alpha value is -2.66. The highest BCUT2D eigenvalue weighted by molar-refractivity contribution is 6.30. The quantitative estimate of drug-likeness (QED) is 0.664. The Labute approximate surface area is 163 Å². The number of benzene rings is 2. The van der Waals surface area contributed by atoms with Crippen molar-refractivity contribution >= 4 is 23.5 Å². The van der Waals surface area contributed by atoms with Crippen molar-refractivity contribution in [3.05, 3.63) is 77.1 Å². The van der Waals surface area contributed by atoms with Gasteiger partial charge in [0, 0.05) is 10.9 Å². The van der Waals surface area contributed by atoms with Crippen LogP contribution in [0.25, 0.3) is 0 Å². The number of aromatic nitrogens is 3. The van der Waals surface area contributed by atoms with Gasteiger partial charge in [-0.2, -0.15) is 10.1 Å². The number of amides is 1. The summed E-state index contributed by atoms with van der Waals surface area (Å²) in [5.41, 5.74) is 2.20. The van der Waals surface area contributed by atoms with Crippen molar-refractivity contribution in [1.29, 1.82) is 0 Å². The fraction of sp³-hybridized carbons (Fsp3) is 0.286. The van der Waals surface area contributed by atoms with Crippen LogP contribution in [0.1, 0.15) is 43.5 Å². The van der Waals surface area contributed by atoms with Gasteiger partial charge in [0.25, 0.3) is 0 Å². The van der Waals surface area contributed by atoms with Gasteiger partial charge in [0.05, 0.1) is 12.1 Å². The zero-order chi connectivity index (χ0) is 19.0. The van der Waals surface area contributed by atoms with E-state index in [9.17, 15) is 4.79 Å². The van der Waals surface area contributed by atoms with Crippen LogP contribution in [0.2, 0.25) is 5.02 Å². The summed E-state index contributed by atoms with van der Waals surface area (Å²) in [5, 5.41) is 5.13. The normalized spacial score (nSPS) is 19.2. The van der Waals surface area contributed by atoms with E-state index in [1.165, 1.54) is 6.33 Å². The van der Waals surface area contributed by atoms with Gasteiger partial charge >= 0.3 is 0 Å². The zero-order valence-electron chi connectivity index (χ0n) is 15.3.